The Bertz CT molecular complexity index is 3950. The topological polar surface area (TPSA) is 40.6 Å². The Morgan fingerprint density at radius 3 is 0.900 bits per heavy atom. The van der Waals surface area contributed by atoms with Crippen LogP contribution < -0.4 is 20.7 Å². The van der Waals surface area contributed by atoms with Crippen LogP contribution in [0.15, 0.2) is 261 Å². The van der Waals surface area contributed by atoms with Gasteiger partial charge in [-0.25, -0.2) is 9.97 Å². The van der Waals surface area contributed by atoms with Crippen molar-refractivity contribution < 1.29 is 0 Å². The van der Waals surface area contributed by atoms with E-state index < -0.39 is 8.07 Å². The van der Waals surface area contributed by atoms with Crippen LogP contribution in [0.4, 0.5) is 0 Å². The van der Waals surface area contributed by atoms with Gasteiger partial charge in [0.2, 0.25) is 0 Å². The summed E-state index contributed by atoms with van der Waals surface area (Å²) in [6.45, 7) is 0. The fourth-order valence-electron chi connectivity index (χ4n) is 11.4. The van der Waals surface area contributed by atoms with Gasteiger partial charge in [0, 0.05) is 49.6 Å². The lowest BCUT2D eigenvalue weighted by molar-refractivity contribution is 0.994. The third-order valence-corrected chi connectivity index (χ3v) is 19.2. The number of fused-ring (bicyclic) bond motifs is 9. The van der Waals surface area contributed by atoms with Crippen molar-refractivity contribution in [1.82, 2.24) is 23.7 Å². The minimum atomic E-state index is -2.93. The normalized spacial score (nSPS) is 12.0. The third-order valence-electron chi connectivity index (χ3n) is 14.4. The summed E-state index contributed by atoms with van der Waals surface area (Å²) < 4.78 is 7.00. The fraction of sp³-hybridized carbons (Fsp3) is 0. The van der Waals surface area contributed by atoms with E-state index >= 15 is 0 Å². The Morgan fingerprint density at radius 1 is 0.257 bits per heavy atom. The molecule has 0 N–H and O–H groups in total. The summed E-state index contributed by atoms with van der Waals surface area (Å²) in [4.78, 5) is 11.0. The predicted octanol–water partition coefficient (Wildman–Crippen LogP) is 12.8. The zero-order valence-corrected chi connectivity index (χ0v) is 39.1. The number of hydrogen-bond donors (Lipinski definition) is 0. The third kappa shape index (κ3) is 6.03. The van der Waals surface area contributed by atoms with E-state index in [-0.39, 0.29) is 0 Å². The molecule has 0 bridgehead atoms. The van der Waals surface area contributed by atoms with E-state index in [2.05, 4.69) is 275 Å². The molecule has 0 aliphatic rings. The van der Waals surface area contributed by atoms with Crippen LogP contribution in [0.2, 0.25) is 0 Å². The quantitative estimate of drug-likeness (QED) is 0.113. The summed E-state index contributed by atoms with van der Waals surface area (Å²) in [6, 6.07) is 95.0. The Kier molecular flexibility index (Phi) is 9.15. The van der Waals surface area contributed by atoms with Gasteiger partial charge < -0.3 is 4.57 Å². The molecule has 0 saturated carbocycles. The smallest absolute Gasteiger partial charge is 0.179 e. The molecule has 6 heteroatoms. The largest absolute Gasteiger partial charge is 0.309 e. The summed E-state index contributed by atoms with van der Waals surface area (Å²) in [5.41, 5.74) is 8.88. The van der Waals surface area contributed by atoms with Crippen molar-refractivity contribution in [3.63, 3.8) is 0 Å². The Labute approximate surface area is 405 Å². The molecule has 0 unspecified atom stereocenters. The molecule has 328 valence electrons. The highest BCUT2D eigenvalue weighted by molar-refractivity contribution is 7.19. The highest BCUT2D eigenvalue weighted by atomic mass is 28.3. The molecule has 0 aliphatic heterocycles. The van der Waals surface area contributed by atoms with Gasteiger partial charge in [-0.05, 0) is 69.3 Å². The van der Waals surface area contributed by atoms with Crippen LogP contribution in [0, 0.1) is 0 Å². The molecule has 0 atom stereocenters. The minimum Gasteiger partial charge on any atom is -0.309 e. The summed E-state index contributed by atoms with van der Waals surface area (Å²) in [5, 5.41) is 12.5. The lowest BCUT2D eigenvalue weighted by Crippen LogP contribution is -2.74. The van der Waals surface area contributed by atoms with Crippen LogP contribution >= 0.6 is 0 Å². The maximum Gasteiger partial charge on any atom is 0.179 e. The van der Waals surface area contributed by atoms with Crippen molar-refractivity contribution in [2.45, 2.75) is 0 Å². The molecule has 14 rings (SSSR count). The SMILES string of the molecule is c1ccc([Si](c2ccccc2)(c2ccc(-c3nc(-n4c5ccccc5c5ccccc54)cc(-n4c5ccccc5c5ccccc54)n3)cc2)c2ccc(-n3c4ccccc4c4ccccc43)cc2)cc1. The van der Waals surface area contributed by atoms with E-state index in [1.54, 1.807) is 0 Å². The van der Waals surface area contributed by atoms with Gasteiger partial charge in [-0.15, -0.1) is 0 Å². The number of benzene rings is 10. The highest BCUT2D eigenvalue weighted by Gasteiger charge is 2.41. The zero-order valence-electron chi connectivity index (χ0n) is 38.1. The Morgan fingerprint density at radius 2 is 0.543 bits per heavy atom. The number of para-hydroxylation sites is 6. The molecule has 0 spiro atoms. The van der Waals surface area contributed by atoms with E-state index in [1.807, 2.05) is 0 Å². The van der Waals surface area contributed by atoms with Gasteiger partial charge in [0.05, 0.1) is 33.1 Å². The van der Waals surface area contributed by atoms with Gasteiger partial charge in [-0.1, -0.05) is 206 Å². The van der Waals surface area contributed by atoms with Crippen molar-refractivity contribution >= 4 is 94.2 Å². The van der Waals surface area contributed by atoms with Crippen molar-refractivity contribution in [3.05, 3.63) is 261 Å². The maximum atomic E-state index is 5.51. The second kappa shape index (κ2) is 16.0. The van der Waals surface area contributed by atoms with Crippen molar-refractivity contribution in [2.75, 3.05) is 0 Å². The Hall–Kier alpha value is -9.10. The maximum absolute atomic E-state index is 5.51. The van der Waals surface area contributed by atoms with Crippen molar-refractivity contribution in [1.29, 1.82) is 0 Å². The van der Waals surface area contributed by atoms with Crippen LogP contribution in [-0.4, -0.2) is 31.7 Å². The minimum absolute atomic E-state index is 0.657. The molecule has 0 saturated heterocycles. The first-order valence-electron chi connectivity index (χ1n) is 23.9. The van der Waals surface area contributed by atoms with Crippen LogP contribution in [-0.2, 0) is 0 Å². The van der Waals surface area contributed by atoms with Crippen molar-refractivity contribution in [2.24, 2.45) is 0 Å². The number of aromatic nitrogens is 5. The molecule has 70 heavy (non-hydrogen) atoms. The molecule has 0 amide bonds. The first-order valence-corrected chi connectivity index (χ1v) is 25.9. The van der Waals surface area contributed by atoms with Gasteiger partial charge >= 0.3 is 0 Å². The molecule has 14 aromatic rings. The molecule has 5 nitrogen and oxygen atoms in total. The predicted molar refractivity (Wildman–Crippen MR) is 294 cm³/mol. The summed E-state index contributed by atoms with van der Waals surface area (Å²) >= 11 is 0. The molecule has 0 fully saturated rings. The zero-order chi connectivity index (χ0) is 46.2. The van der Waals surface area contributed by atoms with Gasteiger partial charge in [-0.3, -0.25) is 9.13 Å². The molecule has 4 heterocycles. The molecular weight excluding hydrogens is 867 g/mol. The van der Waals surface area contributed by atoms with Crippen LogP contribution in [0.1, 0.15) is 0 Å². The first-order chi connectivity index (χ1) is 34.7. The van der Waals surface area contributed by atoms with E-state index in [9.17, 15) is 0 Å². The highest BCUT2D eigenvalue weighted by Crippen LogP contribution is 2.36. The number of rotatable bonds is 8. The molecule has 4 aromatic heterocycles. The van der Waals surface area contributed by atoms with E-state index in [1.165, 1.54) is 64.1 Å². The molecule has 10 aromatic carbocycles. The van der Waals surface area contributed by atoms with Gasteiger partial charge in [0.15, 0.2) is 13.9 Å². The van der Waals surface area contributed by atoms with Gasteiger partial charge in [-0.2, -0.15) is 0 Å². The van der Waals surface area contributed by atoms with E-state index in [0.717, 1.165) is 45.0 Å². The lowest BCUT2D eigenvalue weighted by atomic mass is 10.2. The van der Waals surface area contributed by atoms with Crippen LogP contribution in [0.25, 0.3) is 94.1 Å². The number of hydrogen-bond acceptors (Lipinski definition) is 2. The Balaban J connectivity index is 0.978. The van der Waals surface area contributed by atoms with Gasteiger partial charge in [0.25, 0.3) is 0 Å². The standard InChI is InChI=1S/C64H43N5Si/c1-3-19-46(20-4-1)70(47-21-5-2-6-22-47,49-41-37-45(38-42-49)67-56-29-13-7-23-50(56)51-24-8-14-30-57(51)67)48-39-35-44(36-40-48)64-65-62(68-58-31-15-9-25-52(58)53-26-10-16-32-59(53)68)43-63(66-64)69-60-33-17-11-27-54(60)55-28-12-18-34-61(55)69/h1-43H. The average Bonchev–Trinajstić information content (AvgIpc) is 4.08. The van der Waals surface area contributed by atoms with E-state index in [0.29, 0.717) is 5.82 Å². The summed E-state index contributed by atoms with van der Waals surface area (Å²) in [6.07, 6.45) is 0. The average molecular weight is 910 g/mol. The van der Waals surface area contributed by atoms with E-state index in [4.69, 9.17) is 9.97 Å². The molecule has 0 radical (unpaired) electrons. The lowest BCUT2D eigenvalue weighted by Gasteiger charge is -2.34. The molecule has 0 aliphatic carbocycles. The van der Waals surface area contributed by atoms with Crippen LogP contribution in [0.5, 0.6) is 0 Å². The van der Waals surface area contributed by atoms with Gasteiger partial charge in [0.1, 0.15) is 11.6 Å². The molecular formula is C64H43N5Si. The van der Waals surface area contributed by atoms with Crippen LogP contribution in [0.3, 0.4) is 0 Å². The number of nitrogens with zero attached hydrogens (tertiary/aromatic N) is 5. The summed E-state index contributed by atoms with van der Waals surface area (Å²) in [5.74, 6) is 2.28. The second-order valence-corrected chi connectivity index (χ2v) is 21.9. The van der Waals surface area contributed by atoms with Crippen molar-refractivity contribution in [3.8, 4) is 28.7 Å². The monoisotopic (exact) mass is 909 g/mol. The first kappa shape index (κ1) is 40.0. The fourth-order valence-corrected chi connectivity index (χ4v) is 16.1. The summed E-state index contributed by atoms with van der Waals surface area (Å²) in [7, 11) is -2.93. The second-order valence-electron chi connectivity index (χ2n) is 18.1.